The summed E-state index contributed by atoms with van der Waals surface area (Å²) in [5.41, 5.74) is 1.59. The van der Waals surface area contributed by atoms with Gasteiger partial charge in [0.2, 0.25) is 0 Å². The number of hydrazone groups is 1. The number of hydrogen-bond acceptors (Lipinski definition) is 4. The molecule has 1 aliphatic heterocycles. The van der Waals surface area contributed by atoms with Crippen LogP contribution in [0.3, 0.4) is 0 Å². The molecule has 0 radical (unpaired) electrons. The zero-order valence-corrected chi connectivity index (χ0v) is 11.8. The molecule has 104 valence electrons. The lowest BCUT2D eigenvalue weighted by Gasteiger charge is -2.28. The van der Waals surface area contributed by atoms with E-state index in [0.29, 0.717) is 5.75 Å². The molecule has 0 bridgehead atoms. The van der Waals surface area contributed by atoms with Crippen LogP contribution in [0.4, 0.5) is 0 Å². The third kappa shape index (κ3) is 3.38. The number of aromatic hydroxyl groups is 1. The number of piperazine rings is 1. The monoisotopic (exact) mass is 264 g/mol. The molecule has 0 aliphatic carbocycles. The van der Waals surface area contributed by atoms with Gasteiger partial charge in [-0.15, -0.1) is 0 Å². The Labute approximate surface area is 114 Å². The van der Waals surface area contributed by atoms with Crippen molar-refractivity contribution in [2.75, 3.05) is 40.3 Å². The fourth-order valence-electron chi connectivity index (χ4n) is 2.19. The fraction of sp³-hybridized carbons (Fsp3) is 0.500. The smallest absolute Gasteiger partial charge is 0.128 e. The second kappa shape index (κ2) is 5.93. The summed E-state index contributed by atoms with van der Waals surface area (Å²) in [5, 5.41) is 16.6. The SMILES string of the molecule is COc1ccc(/C(C)=N/N2CC[NH+](C)CC2)c(O)c1. The molecule has 1 heterocycles. The number of likely N-dealkylation sites (N-methyl/N-ethyl adjacent to an activating group) is 1. The van der Waals surface area contributed by atoms with E-state index < -0.39 is 0 Å². The van der Waals surface area contributed by atoms with Gasteiger partial charge in [0.15, 0.2) is 0 Å². The van der Waals surface area contributed by atoms with Gasteiger partial charge < -0.3 is 14.7 Å². The van der Waals surface area contributed by atoms with Crippen molar-refractivity contribution in [2.24, 2.45) is 5.10 Å². The standard InChI is InChI=1S/C14H21N3O2/c1-11(15-17-8-6-16(2)7-9-17)13-5-4-12(19-3)10-14(13)18/h4-5,10,18H,6-9H2,1-3H3/p+1/b15-11+. The highest BCUT2D eigenvalue weighted by atomic mass is 16.5. The highest BCUT2D eigenvalue weighted by molar-refractivity contribution is 6.01. The zero-order chi connectivity index (χ0) is 13.8. The molecule has 1 aromatic carbocycles. The van der Waals surface area contributed by atoms with Gasteiger partial charge in [0.1, 0.15) is 11.5 Å². The first-order valence-corrected chi connectivity index (χ1v) is 6.59. The third-order valence-electron chi connectivity index (χ3n) is 3.48. The number of phenolic OH excluding ortho intramolecular Hbond substituents is 1. The summed E-state index contributed by atoms with van der Waals surface area (Å²) in [6, 6.07) is 5.29. The summed E-state index contributed by atoms with van der Waals surface area (Å²) in [7, 11) is 3.78. The number of rotatable bonds is 3. The van der Waals surface area contributed by atoms with Gasteiger partial charge >= 0.3 is 0 Å². The molecule has 0 saturated carbocycles. The van der Waals surface area contributed by atoms with E-state index in [1.807, 2.05) is 19.1 Å². The van der Waals surface area contributed by atoms with Crippen LogP contribution in [-0.2, 0) is 0 Å². The predicted molar refractivity (Wildman–Crippen MR) is 75.1 cm³/mol. The molecule has 2 rings (SSSR count). The fourth-order valence-corrected chi connectivity index (χ4v) is 2.19. The minimum atomic E-state index is 0.209. The van der Waals surface area contributed by atoms with Crippen LogP contribution >= 0.6 is 0 Å². The maximum absolute atomic E-state index is 9.98. The lowest BCUT2D eigenvalue weighted by Crippen LogP contribution is -3.11. The van der Waals surface area contributed by atoms with Crippen LogP contribution in [-0.4, -0.2) is 56.2 Å². The summed E-state index contributed by atoms with van der Waals surface area (Å²) in [6.07, 6.45) is 0. The Kier molecular flexibility index (Phi) is 4.27. The van der Waals surface area contributed by atoms with E-state index in [-0.39, 0.29) is 5.75 Å². The number of ether oxygens (including phenoxy) is 1. The van der Waals surface area contributed by atoms with Gasteiger partial charge in [-0.2, -0.15) is 5.10 Å². The van der Waals surface area contributed by atoms with Crippen molar-refractivity contribution in [1.29, 1.82) is 0 Å². The number of benzene rings is 1. The number of nitrogens with zero attached hydrogens (tertiary/aromatic N) is 2. The molecule has 5 heteroatoms. The van der Waals surface area contributed by atoms with Crippen LogP contribution in [0.15, 0.2) is 23.3 Å². The van der Waals surface area contributed by atoms with Gasteiger partial charge in [0.05, 0.1) is 46.0 Å². The molecule has 5 nitrogen and oxygen atoms in total. The summed E-state index contributed by atoms with van der Waals surface area (Å²) < 4.78 is 5.08. The summed E-state index contributed by atoms with van der Waals surface area (Å²) >= 11 is 0. The molecule has 19 heavy (non-hydrogen) atoms. The van der Waals surface area contributed by atoms with E-state index in [1.165, 1.54) is 4.90 Å². The van der Waals surface area contributed by atoms with Crippen molar-refractivity contribution in [3.8, 4) is 11.5 Å². The van der Waals surface area contributed by atoms with Gasteiger partial charge in [-0.1, -0.05) is 0 Å². The molecule has 1 aliphatic rings. The average Bonchev–Trinajstić information content (AvgIpc) is 2.41. The van der Waals surface area contributed by atoms with E-state index in [2.05, 4.69) is 17.2 Å². The second-order valence-corrected chi connectivity index (χ2v) is 4.98. The van der Waals surface area contributed by atoms with E-state index >= 15 is 0 Å². The topological polar surface area (TPSA) is 49.5 Å². The summed E-state index contributed by atoms with van der Waals surface area (Å²) in [4.78, 5) is 1.54. The largest absolute Gasteiger partial charge is 0.507 e. The van der Waals surface area contributed by atoms with Gasteiger partial charge in [-0.25, -0.2) is 0 Å². The maximum Gasteiger partial charge on any atom is 0.128 e. The number of hydrogen-bond donors (Lipinski definition) is 2. The van der Waals surface area contributed by atoms with Crippen LogP contribution in [0.5, 0.6) is 11.5 Å². The van der Waals surface area contributed by atoms with E-state index in [0.717, 1.165) is 37.5 Å². The van der Waals surface area contributed by atoms with E-state index in [1.54, 1.807) is 13.2 Å². The van der Waals surface area contributed by atoms with E-state index in [4.69, 9.17) is 4.74 Å². The van der Waals surface area contributed by atoms with Gasteiger partial charge in [0, 0.05) is 11.6 Å². The molecule has 1 aromatic rings. The number of phenols is 1. The first-order valence-electron chi connectivity index (χ1n) is 6.59. The van der Waals surface area contributed by atoms with Crippen molar-refractivity contribution in [3.63, 3.8) is 0 Å². The van der Waals surface area contributed by atoms with Crippen LogP contribution in [0.1, 0.15) is 12.5 Å². The Morgan fingerprint density at radius 3 is 2.63 bits per heavy atom. The summed E-state index contributed by atoms with van der Waals surface area (Å²) in [6.45, 7) is 6.05. The second-order valence-electron chi connectivity index (χ2n) is 4.98. The first-order chi connectivity index (χ1) is 9.10. The number of nitrogens with one attached hydrogen (secondary N) is 1. The van der Waals surface area contributed by atoms with Crippen molar-refractivity contribution < 1.29 is 14.7 Å². The van der Waals surface area contributed by atoms with Crippen LogP contribution in [0.25, 0.3) is 0 Å². The number of methoxy groups -OCH3 is 1. The van der Waals surface area contributed by atoms with Crippen molar-refractivity contribution >= 4 is 5.71 Å². The van der Waals surface area contributed by atoms with E-state index in [9.17, 15) is 5.11 Å². The molecule has 0 unspecified atom stereocenters. The molecule has 2 N–H and O–H groups in total. The predicted octanol–water partition coefficient (Wildman–Crippen LogP) is -0.0449. The van der Waals surface area contributed by atoms with Crippen LogP contribution < -0.4 is 9.64 Å². The molecule has 0 amide bonds. The average molecular weight is 264 g/mol. The van der Waals surface area contributed by atoms with Gasteiger partial charge in [-0.05, 0) is 19.1 Å². The lowest BCUT2D eigenvalue weighted by atomic mass is 10.1. The highest BCUT2D eigenvalue weighted by Gasteiger charge is 2.15. The normalized spacial score (nSPS) is 17.6. The molecular weight excluding hydrogens is 242 g/mol. The van der Waals surface area contributed by atoms with Crippen molar-refractivity contribution in [3.05, 3.63) is 23.8 Å². The van der Waals surface area contributed by atoms with Gasteiger partial charge in [-0.3, -0.25) is 5.01 Å². The molecule has 1 saturated heterocycles. The van der Waals surface area contributed by atoms with Crippen molar-refractivity contribution in [1.82, 2.24) is 5.01 Å². The number of quaternary nitrogens is 1. The molecule has 0 aromatic heterocycles. The Hall–Kier alpha value is -1.75. The molecular formula is C14H22N3O2+. The Morgan fingerprint density at radius 2 is 2.05 bits per heavy atom. The Bertz CT molecular complexity index is 466. The summed E-state index contributed by atoms with van der Waals surface area (Å²) in [5.74, 6) is 0.859. The molecule has 1 fully saturated rings. The highest BCUT2D eigenvalue weighted by Crippen LogP contribution is 2.24. The third-order valence-corrected chi connectivity index (χ3v) is 3.48. The molecule has 0 atom stereocenters. The van der Waals surface area contributed by atoms with Gasteiger partial charge in [0.25, 0.3) is 0 Å². The lowest BCUT2D eigenvalue weighted by molar-refractivity contribution is -0.884. The minimum Gasteiger partial charge on any atom is -0.507 e. The quantitative estimate of drug-likeness (QED) is 0.753. The zero-order valence-electron chi connectivity index (χ0n) is 11.8. The molecule has 0 spiro atoms. The van der Waals surface area contributed by atoms with Crippen molar-refractivity contribution in [2.45, 2.75) is 6.92 Å². The Balaban J connectivity index is 2.12. The Morgan fingerprint density at radius 1 is 1.37 bits per heavy atom. The maximum atomic E-state index is 9.98. The van der Waals surface area contributed by atoms with Crippen LogP contribution in [0.2, 0.25) is 0 Å². The minimum absolute atomic E-state index is 0.209. The first kappa shape index (κ1) is 13.7. The van der Waals surface area contributed by atoms with Crippen LogP contribution in [0, 0.1) is 0 Å².